The zero-order valence-corrected chi connectivity index (χ0v) is 25.7. The Hall–Kier alpha value is -4.94. The molecule has 2 aliphatic heterocycles. The second kappa shape index (κ2) is 16.4. The predicted molar refractivity (Wildman–Crippen MR) is 170 cm³/mol. The molecule has 0 radical (unpaired) electrons. The normalized spacial score (nSPS) is 20.1. The Morgan fingerprint density at radius 3 is 2.24 bits per heavy atom. The van der Waals surface area contributed by atoms with E-state index in [2.05, 4.69) is 21.3 Å². The van der Waals surface area contributed by atoms with Crippen molar-refractivity contribution in [1.82, 2.24) is 26.2 Å². The van der Waals surface area contributed by atoms with Crippen LogP contribution in [0.1, 0.15) is 56.1 Å². The molecule has 2 fully saturated rings. The summed E-state index contributed by atoms with van der Waals surface area (Å²) >= 11 is 0. The number of carboxylic acid groups (broad SMARTS) is 1. The molecule has 8 N–H and O–H groups in total. The van der Waals surface area contributed by atoms with Crippen molar-refractivity contribution in [1.29, 1.82) is 5.41 Å². The molecule has 4 rings (SSSR count). The number of carbonyl (C=O) groups excluding carboxylic acids is 4. The standard InChI is InChI=1S/C33H43N7O6/c34-33(35)36-17-7-12-25(30(44)37-23(20-29(42)43)18-21-8-3-1-4-9-21)39-31(45)27-16-14-24-13-15-26(32(46)40(24)27)38-28(41)19-22-10-5-2-6-11-22/h1-6,8-11,23-27H,7,12-20H2,(H,37,44)(H,38,41)(H,39,45)(H,42,43)(H4,34,35,36)/t23-,24-,25-,26-,27-/m0/s1. The first-order valence-electron chi connectivity index (χ1n) is 15.7. The summed E-state index contributed by atoms with van der Waals surface area (Å²) in [5, 5.41) is 28.0. The molecule has 46 heavy (non-hydrogen) atoms. The highest BCUT2D eigenvalue weighted by Gasteiger charge is 2.46. The highest BCUT2D eigenvalue weighted by Crippen LogP contribution is 2.33. The van der Waals surface area contributed by atoms with Gasteiger partial charge in [0.05, 0.1) is 12.8 Å². The molecule has 0 spiro atoms. The van der Waals surface area contributed by atoms with E-state index in [1.165, 1.54) is 0 Å². The van der Waals surface area contributed by atoms with Gasteiger partial charge in [-0.15, -0.1) is 0 Å². The maximum atomic E-state index is 13.7. The summed E-state index contributed by atoms with van der Waals surface area (Å²) < 4.78 is 0. The van der Waals surface area contributed by atoms with Crippen LogP contribution in [-0.4, -0.2) is 82.3 Å². The van der Waals surface area contributed by atoms with E-state index in [0.29, 0.717) is 32.1 Å². The monoisotopic (exact) mass is 633 g/mol. The number of carboxylic acids is 1. The van der Waals surface area contributed by atoms with Crippen LogP contribution in [0.2, 0.25) is 0 Å². The fourth-order valence-electron chi connectivity index (χ4n) is 6.23. The van der Waals surface area contributed by atoms with Gasteiger partial charge in [-0.1, -0.05) is 60.7 Å². The molecule has 2 aliphatic rings. The highest BCUT2D eigenvalue weighted by atomic mass is 16.4. The molecule has 5 atom stereocenters. The largest absolute Gasteiger partial charge is 0.481 e. The van der Waals surface area contributed by atoms with Crippen LogP contribution in [-0.2, 0) is 36.8 Å². The van der Waals surface area contributed by atoms with Crippen LogP contribution in [0.25, 0.3) is 0 Å². The molecule has 0 aliphatic carbocycles. The number of nitrogens with zero attached hydrogens (tertiary/aromatic N) is 1. The van der Waals surface area contributed by atoms with Gasteiger partial charge in [-0.2, -0.15) is 0 Å². The van der Waals surface area contributed by atoms with E-state index >= 15 is 0 Å². The first kappa shape index (κ1) is 33.9. The van der Waals surface area contributed by atoms with E-state index in [9.17, 15) is 29.1 Å². The summed E-state index contributed by atoms with van der Waals surface area (Å²) in [6.07, 6.45) is 2.86. The predicted octanol–water partition coefficient (Wildman–Crippen LogP) is 0.818. The average Bonchev–Trinajstić information content (AvgIpc) is 3.46. The van der Waals surface area contributed by atoms with Gasteiger partial charge in [-0.25, -0.2) is 0 Å². The van der Waals surface area contributed by atoms with Crippen LogP contribution in [0.3, 0.4) is 0 Å². The summed E-state index contributed by atoms with van der Waals surface area (Å²) in [7, 11) is 0. The van der Waals surface area contributed by atoms with Crippen LogP contribution >= 0.6 is 0 Å². The maximum absolute atomic E-state index is 13.7. The van der Waals surface area contributed by atoms with Crippen LogP contribution in [0.5, 0.6) is 0 Å². The second-order valence-corrected chi connectivity index (χ2v) is 11.9. The topological polar surface area (TPSA) is 207 Å². The third-order valence-electron chi connectivity index (χ3n) is 8.40. The fourth-order valence-corrected chi connectivity index (χ4v) is 6.23. The molecular weight excluding hydrogens is 590 g/mol. The Morgan fingerprint density at radius 1 is 0.935 bits per heavy atom. The second-order valence-electron chi connectivity index (χ2n) is 11.9. The molecule has 2 aromatic rings. The van der Waals surface area contributed by atoms with E-state index < -0.39 is 42.0 Å². The molecule has 246 valence electrons. The van der Waals surface area contributed by atoms with Crippen molar-refractivity contribution in [3.05, 3.63) is 71.8 Å². The Morgan fingerprint density at radius 2 is 1.59 bits per heavy atom. The van der Waals surface area contributed by atoms with Crippen molar-refractivity contribution in [2.75, 3.05) is 6.54 Å². The van der Waals surface area contributed by atoms with E-state index in [-0.39, 0.29) is 56.0 Å². The van der Waals surface area contributed by atoms with Crippen molar-refractivity contribution in [2.24, 2.45) is 5.73 Å². The van der Waals surface area contributed by atoms with Crippen LogP contribution in [0.15, 0.2) is 60.7 Å². The third-order valence-corrected chi connectivity index (χ3v) is 8.40. The number of rotatable bonds is 15. The smallest absolute Gasteiger partial charge is 0.305 e. The van der Waals surface area contributed by atoms with Gasteiger partial charge >= 0.3 is 5.97 Å². The number of hydrogen-bond acceptors (Lipinski definition) is 6. The molecule has 2 aromatic carbocycles. The number of piperidine rings is 1. The van der Waals surface area contributed by atoms with Crippen LogP contribution < -0.4 is 27.0 Å². The molecular formula is C33H43N7O6. The number of carbonyl (C=O) groups is 5. The lowest BCUT2D eigenvalue weighted by molar-refractivity contribution is -0.146. The van der Waals surface area contributed by atoms with Gasteiger partial charge in [-0.05, 0) is 56.1 Å². The average molecular weight is 634 g/mol. The van der Waals surface area contributed by atoms with Gasteiger partial charge in [0.1, 0.15) is 18.1 Å². The summed E-state index contributed by atoms with van der Waals surface area (Å²) in [6, 6.07) is 15.0. The SMILES string of the molecule is N=C(N)NCCC[C@H](NC(=O)[C@@H]1CC[C@@H]2CC[C@H](NC(=O)Cc3ccccc3)C(=O)N21)C(=O)N[C@H](CC(=O)O)Cc1ccccc1. The van der Waals surface area contributed by atoms with Crippen molar-refractivity contribution in [3.63, 3.8) is 0 Å². The van der Waals surface area contributed by atoms with Gasteiger partial charge in [0.2, 0.25) is 23.6 Å². The molecule has 0 saturated carbocycles. The number of amides is 4. The highest BCUT2D eigenvalue weighted by molar-refractivity contribution is 5.95. The van der Waals surface area contributed by atoms with Gasteiger partial charge in [0, 0.05) is 18.6 Å². The van der Waals surface area contributed by atoms with E-state index in [4.69, 9.17) is 11.1 Å². The summed E-state index contributed by atoms with van der Waals surface area (Å²) in [5.41, 5.74) is 7.06. The zero-order valence-electron chi connectivity index (χ0n) is 25.7. The fraction of sp³-hybridized carbons (Fsp3) is 0.455. The number of guanidine groups is 1. The minimum Gasteiger partial charge on any atom is -0.481 e. The van der Waals surface area contributed by atoms with E-state index in [1.807, 2.05) is 60.7 Å². The number of fused-ring (bicyclic) bond motifs is 1. The van der Waals surface area contributed by atoms with Crippen molar-refractivity contribution < 1.29 is 29.1 Å². The lowest BCUT2D eigenvalue weighted by Crippen LogP contribution is -2.60. The number of aliphatic carboxylic acids is 1. The molecule has 2 saturated heterocycles. The minimum absolute atomic E-state index is 0.136. The van der Waals surface area contributed by atoms with E-state index in [0.717, 1.165) is 11.1 Å². The molecule has 13 heteroatoms. The Kier molecular flexibility index (Phi) is 12.1. The Labute approximate surface area is 268 Å². The molecule has 2 heterocycles. The Balaban J connectivity index is 1.42. The lowest BCUT2D eigenvalue weighted by atomic mass is 9.97. The van der Waals surface area contributed by atoms with Crippen molar-refractivity contribution >= 4 is 35.6 Å². The summed E-state index contributed by atoms with van der Waals surface area (Å²) in [5.74, 6) is -2.90. The first-order chi connectivity index (χ1) is 22.1. The molecule has 4 amide bonds. The number of benzene rings is 2. The summed E-state index contributed by atoms with van der Waals surface area (Å²) in [6.45, 7) is 0.290. The molecule has 0 aromatic heterocycles. The summed E-state index contributed by atoms with van der Waals surface area (Å²) in [4.78, 5) is 66.7. The third kappa shape index (κ3) is 9.78. The van der Waals surface area contributed by atoms with Gasteiger partial charge < -0.3 is 37.0 Å². The quantitative estimate of drug-likeness (QED) is 0.0847. The van der Waals surface area contributed by atoms with Crippen LogP contribution in [0, 0.1) is 5.41 Å². The minimum atomic E-state index is -1.07. The number of nitrogens with two attached hydrogens (primary N) is 1. The maximum Gasteiger partial charge on any atom is 0.305 e. The van der Waals surface area contributed by atoms with Gasteiger partial charge in [0.25, 0.3) is 0 Å². The zero-order chi connectivity index (χ0) is 33.1. The van der Waals surface area contributed by atoms with Gasteiger partial charge in [0.15, 0.2) is 5.96 Å². The van der Waals surface area contributed by atoms with Crippen molar-refractivity contribution in [2.45, 2.75) is 88.0 Å². The lowest BCUT2D eigenvalue weighted by Gasteiger charge is -2.38. The number of nitrogens with one attached hydrogen (secondary N) is 5. The molecule has 0 bridgehead atoms. The van der Waals surface area contributed by atoms with Crippen LogP contribution in [0.4, 0.5) is 0 Å². The first-order valence-corrected chi connectivity index (χ1v) is 15.7. The van der Waals surface area contributed by atoms with Gasteiger partial charge in [-0.3, -0.25) is 29.4 Å². The number of hydrogen-bond donors (Lipinski definition) is 7. The van der Waals surface area contributed by atoms with E-state index in [1.54, 1.807) is 4.90 Å². The van der Waals surface area contributed by atoms with Crippen molar-refractivity contribution in [3.8, 4) is 0 Å². The molecule has 0 unspecified atom stereocenters. The molecule has 13 nitrogen and oxygen atoms in total. The Bertz CT molecular complexity index is 1390.